The highest BCUT2D eigenvalue weighted by atomic mass is 35.5. The molecule has 0 unspecified atom stereocenters. The number of quaternary nitrogens is 1. The number of ether oxygens (including phenoxy) is 2. The first kappa shape index (κ1) is 20.7. The Bertz CT molecular complexity index is 821. The maximum Gasteiger partial charge on any atom is 0.173 e. The minimum absolute atomic E-state index is 0.721. The predicted octanol–water partition coefficient (Wildman–Crippen LogP) is 2.76. The van der Waals surface area contributed by atoms with Crippen molar-refractivity contribution in [3.05, 3.63) is 52.5 Å². The number of halogens is 1. The molecule has 1 saturated heterocycles. The lowest BCUT2D eigenvalue weighted by atomic mass is 10.1. The summed E-state index contributed by atoms with van der Waals surface area (Å²) >= 11 is 11.5. The highest BCUT2D eigenvalue weighted by molar-refractivity contribution is 7.80. The van der Waals surface area contributed by atoms with E-state index < -0.39 is 0 Å². The third-order valence-corrected chi connectivity index (χ3v) is 5.75. The number of hydrogen-bond acceptors (Lipinski definition) is 3. The van der Waals surface area contributed by atoms with Gasteiger partial charge >= 0.3 is 0 Å². The number of nitrogens with zero attached hydrogens (tertiary/aromatic N) is 1. The molecule has 3 rings (SSSR count). The van der Waals surface area contributed by atoms with E-state index in [2.05, 4.69) is 29.3 Å². The molecule has 150 valence electrons. The van der Waals surface area contributed by atoms with E-state index >= 15 is 0 Å². The molecule has 0 aliphatic carbocycles. The molecule has 2 aromatic rings. The average molecular weight is 421 g/mol. The molecule has 5 nitrogen and oxygen atoms in total. The van der Waals surface area contributed by atoms with Gasteiger partial charge in [-0.25, -0.2) is 0 Å². The number of thiocarbonyl (C=S) groups is 1. The summed E-state index contributed by atoms with van der Waals surface area (Å²) in [6.45, 7) is 7.03. The summed E-state index contributed by atoms with van der Waals surface area (Å²) < 4.78 is 10.8. The lowest BCUT2D eigenvalue weighted by Crippen LogP contribution is -3.13. The molecule has 1 aliphatic rings. The van der Waals surface area contributed by atoms with Gasteiger partial charge in [0.2, 0.25) is 0 Å². The number of anilines is 1. The lowest BCUT2D eigenvalue weighted by Gasteiger charge is -2.34. The van der Waals surface area contributed by atoms with Crippen molar-refractivity contribution in [3.63, 3.8) is 0 Å². The molecule has 0 bridgehead atoms. The summed E-state index contributed by atoms with van der Waals surface area (Å²) in [5.74, 6) is 1.57. The fraction of sp³-hybridized carbons (Fsp3) is 0.381. The van der Waals surface area contributed by atoms with Crippen molar-refractivity contribution in [2.75, 3.05) is 45.7 Å². The number of hydrogen-bond donors (Lipinski definition) is 2. The van der Waals surface area contributed by atoms with Crippen molar-refractivity contribution in [1.29, 1.82) is 0 Å². The van der Waals surface area contributed by atoms with Crippen LogP contribution in [-0.4, -0.2) is 50.4 Å². The first-order valence-corrected chi connectivity index (χ1v) is 10.2. The summed E-state index contributed by atoms with van der Waals surface area (Å²) in [6.07, 6.45) is 0. The van der Waals surface area contributed by atoms with Crippen molar-refractivity contribution >= 4 is 34.6 Å². The molecule has 28 heavy (non-hydrogen) atoms. The SMILES string of the molecule is COc1cc(C)c(C[NH+]2CCN(C(=S)Nc3ccc(Cl)cc3)CC2)cc1OC. The van der Waals surface area contributed by atoms with Crippen molar-refractivity contribution in [3.8, 4) is 11.5 Å². The smallest absolute Gasteiger partial charge is 0.173 e. The minimum atomic E-state index is 0.721. The van der Waals surface area contributed by atoms with Gasteiger partial charge in [0.1, 0.15) is 6.54 Å². The van der Waals surface area contributed by atoms with Crippen molar-refractivity contribution < 1.29 is 14.4 Å². The standard InChI is InChI=1S/C21H26ClN3O2S/c1-15-12-19(26-2)20(27-3)13-16(15)14-24-8-10-25(11-9-24)21(28)23-18-6-4-17(22)5-7-18/h4-7,12-13H,8-11,14H2,1-3H3,(H,23,28)/p+1. The first-order valence-electron chi connectivity index (χ1n) is 9.36. The Morgan fingerprint density at radius 3 is 2.32 bits per heavy atom. The molecule has 1 aliphatic heterocycles. The van der Waals surface area contributed by atoms with Crippen LogP contribution < -0.4 is 19.7 Å². The zero-order chi connectivity index (χ0) is 20.1. The molecular formula is C21H27ClN3O2S+. The molecule has 0 spiro atoms. The fourth-order valence-corrected chi connectivity index (χ4v) is 3.85. The average Bonchev–Trinajstić information content (AvgIpc) is 2.71. The van der Waals surface area contributed by atoms with Gasteiger partial charge in [0.15, 0.2) is 16.6 Å². The number of aryl methyl sites for hydroxylation is 1. The third kappa shape index (κ3) is 5.07. The van der Waals surface area contributed by atoms with Crippen LogP contribution in [0.3, 0.4) is 0 Å². The van der Waals surface area contributed by atoms with E-state index in [-0.39, 0.29) is 0 Å². The van der Waals surface area contributed by atoms with Crippen LogP contribution in [0.25, 0.3) is 0 Å². The molecule has 2 N–H and O–H groups in total. The third-order valence-electron chi connectivity index (χ3n) is 5.14. The molecule has 1 heterocycles. The molecule has 2 aromatic carbocycles. The van der Waals surface area contributed by atoms with Crippen LogP contribution in [0.1, 0.15) is 11.1 Å². The van der Waals surface area contributed by atoms with E-state index in [0.717, 1.165) is 60.0 Å². The van der Waals surface area contributed by atoms with E-state index in [1.165, 1.54) is 11.1 Å². The zero-order valence-electron chi connectivity index (χ0n) is 16.5. The van der Waals surface area contributed by atoms with E-state index in [1.54, 1.807) is 19.1 Å². The Balaban J connectivity index is 1.55. The largest absolute Gasteiger partial charge is 0.493 e. The summed E-state index contributed by atoms with van der Waals surface area (Å²) in [5, 5.41) is 4.79. The summed E-state index contributed by atoms with van der Waals surface area (Å²) in [4.78, 5) is 3.77. The second-order valence-electron chi connectivity index (χ2n) is 6.98. The van der Waals surface area contributed by atoms with Gasteiger partial charge in [0, 0.05) is 16.3 Å². The number of methoxy groups -OCH3 is 2. The van der Waals surface area contributed by atoms with Gasteiger partial charge < -0.3 is 24.6 Å². The molecule has 1 fully saturated rings. The zero-order valence-corrected chi connectivity index (χ0v) is 18.1. The maximum atomic E-state index is 5.94. The Morgan fingerprint density at radius 1 is 1.11 bits per heavy atom. The predicted molar refractivity (Wildman–Crippen MR) is 118 cm³/mol. The first-order chi connectivity index (χ1) is 13.5. The molecule has 0 aromatic heterocycles. The Hall–Kier alpha value is -2.02. The van der Waals surface area contributed by atoms with Gasteiger partial charge in [0.25, 0.3) is 0 Å². The van der Waals surface area contributed by atoms with Crippen LogP contribution in [0.5, 0.6) is 11.5 Å². The topological polar surface area (TPSA) is 38.2 Å². The van der Waals surface area contributed by atoms with Crippen LogP contribution in [0.15, 0.2) is 36.4 Å². The molecule has 0 radical (unpaired) electrons. The summed E-state index contributed by atoms with van der Waals surface area (Å²) in [7, 11) is 3.35. The quantitative estimate of drug-likeness (QED) is 0.727. The highest BCUT2D eigenvalue weighted by Gasteiger charge is 2.23. The number of nitrogens with one attached hydrogen (secondary N) is 2. The van der Waals surface area contributed by atoms with Crippen molar-refractivity contribution in [1.82, 2.24) is 4.90 Å². The molecule has 0 atom stereocenters. The molecular weight excluding hydrogens is 394 g/mol. The van der Waals surface area contributed by atoms with E-state index in [1.807, 2.05) is 24.3 Å². The van der Waals surface area contributed by atoms with Gasteiger partial charge in [-0.2, -0.15) is 0 Å². The van der Waals surface area contributed by atoms with Crippen LogP contribution in [0.4, 0.5) is 5.69 Å². The van der Waals surface area contributed by atoms with E-state index in [9.17, 15) is 0 Å². The highest BCUT2D eigenvalue weighted by Crippen LogP contribution is 2.29. The molecule has 0 saturated carbocycles. The second-order valence-corrected chi connectivity index (χ2v) is 7.81. The Kier molecular flexibility index (Phi) is 6.99. The lowest BCUT2D eigenvalue weighted by molar-refractivity contribution is -0.917. The monoisotopic (exact) mass is 420 g/mol. The summed E-state index contributed by atoms with van der Waals surface area (Å²) in [5.41, 5.74) is 3.49. The number of rotatable bonds is 5. The van der Waals surface area contributed by atoms with Gasteiger partial charge in [-0.3, -0.25) is 0 Å². The second kappa shape index (κ2) is 9.45. The van der Waals surface area contributed by atoms with Crippen LogP contribution in [-0.2, 0) is 6.54 Å². The maximum absolute atomic E-state index is 5.94. The fourth-order valence-electron chi connectivity index (χ4n) is 3.42. The van der Waals surface area contributed by atoms with Crippen molar-refractivity contribution in [2.45, 2.75) is 13.5 Å². The van der Waals surface area contributed by atoms with Crippen LogP contribution in [0.2, 0.25) is 5.02 Å². The van der Waals surface area contributed by atoms with Crippen LogP contribution >= 0.6 is 23.8 Å². The minimum Gasteiger partial charge on any atom is -0.493 e. The Morgan fingerprint density at radius 2 is 1.71 bits per heavy atom. The van der Waals surface area contributed by atoms with Gasteiger partial charge in [0.05, 0.1) is 40.4 Å². The van der Waals surface area contributed by atoms with Crippen LogP contribution in [0, 0.1) is 6.92 Å². The van der Waals surface area contributed by atoms with Crippen molar-refractivity contribution in [2.24, 2.45) is 0 Å². The van der Waals surface area contributed by atoms with Gasteiger partial charge in [-0.05, 0) is 61.1 Å². The molecule has 7 heteroatoms. The summed E-state index contributed by atoms with van der Waals surface area (Å²) in [6, 6.07) is 11.8. The number of benzene rings is 2. The number of piperazine rings is 1. The Labute approximate surface area is 177 Å². The van der Waals surface area contributed by atoms with Gasteiger partial charge in [-0.15, -0.1) is 0 Å². The van der Waals surface area contributed by atoms with E-state index in [0.29, 0.717) is 0 Å². The molecule has 0 amide bonds. The van der Waals surface area contributed by atoms with Gasteiger partial charge in [-0.1, -0.05) is 11.6 Å². The van der Waals surface area contributed by atoms with E-state index in [4.69, 9.17) is 33.3 Å². The normalized spacial score (nSPS) is 14.6.